The van der Waals surface area contributed by atoms with Crippen molar-refractivity contribution in [3.63, 3.8) is 0 Å². The van der Waals surface area contributed by atoms with E-state index in [0.29, 0.717) is 19.3 Å². The molecule has 1 amide bonds. The summed E-state index contributed by atoms with van der Waals surface area (Å²) >= 11 is 0. The summed E-state index contributed by atoms with van der Waals surface area (Å²) in [7, 11) is 0. The maximum absolute atomic E-state index is 13.0. The van der Waals surface area contributed by atoms with E-state index in [9.17, 15) is 19.8 Å². The van der Waals surface area contributed by atoms with Crippen molar-refractivity contribution in [1.82, 2.24) is 5.32 Å². The minimum Gasteiger partial charge on any atom is -0.462 e. The molecule has 0 radical (unpaired) electrons. The number of carbonyl (C=O) groups is 2. The number of aliphatic hydroxyl groups is 2. The molecule has 0 aliphatic carbocycles. The Bertz CT molecular complexity index is 895. The zero-order valence-corrected chi connectivity index (χ0v) is 33.5. The van der Waals surface area contributed by atoms with Crippen molar-refractivity contribution < 1.29 is 24.5 Å². The first-order chi connectivity index (χ1) is 25.0. The van der Waals surface area contributed by atoms with Gasteiger partial charge in [-0.25, -0.2) is 0 Å². The van der Waals surface area contributed by atoms with E-state index in [1.165, 1.54) is 64.2 Å². The Balaban J connectivity index is 4.53. The largest absolute Gasteiger partial charge is 0.462 e. The molecule has 0 aromatic rings. The molecule has 0 aromatic heterocycles. The van der Waals surface area contributed by atoms with Gasteiger partial charge in [0.05, 0.1) is 25.2 Å². The van der Waals surface area contributed by atoms with E-state index in [0.717, 1.165) is 89.9 Å². The monoisotopic (exact) mass is 716 g/mol. The Morgan fingerprint density at radius 2 is 1.12 bits per heavy atom. The van der Waals surface area contributed by atoms with Gasteiger partial charge >= 0.3 is 5.97 Å². The SMILES string of the molecule is CC/C=C/C=C/C=C/CCCCCCCCCC(=O)OC(CCCCC/C=C\CCC)CC(=O)NC(CO)C(O)CCCCCCCCCCC. The number of hydrogen-bond donors (Lipinski definition) is 3. The van der Waals surface area contributed by atoms with Crippen LogP contribution in [0.15, 0.2) is 48.6 Å². The standard InChI is InChI=1S/C45H81NO5/c1-4-7-10-13-16-19-20-21-22-23-24-26-29-32-35-38-45(50)51-41(36-33-30-27-18-15-12-9-6-3)39-44(49)46-42(40-47)43(48)37-34-31-28-25-17-14-11-8-5-2/h7,10,12-13,15-16,19-20,41-43,47-48H,4-6,8-9,11,14,17-18,21-40H2,1-3H3,(H,46,49)/b10-7+,15-12-,16-13+,20-19+. The highest BCUT2D eigenvalue weighted by Gasteiger charge is 2.24. The van der Waals surface area contributed by atoms with Gasteiger partial charge < -0.3 is 20.3 Å². The number of aliphatic hydroxyl groups excluding tert-OH is 2. The Kier molecular flexibility index (Phi) is 37.4. The average Bonchev–Trinajstić information content (AvgIpc) is 3.12. The van der Waals surface area contributed by atoms with Crippen molar-refractivity contribution in [2.24, 2.45) is 0 Å². The summed E-state index contributed by atoms with van der Waals surface area (Å²) < 4.78 is 5.86. The zero-order chi connectivity index (χ0) is 37.5. The Morgan fingerprint density at radius 1 is 0.588 bits per heavy atom. The fraction of sp³-hybridized carbons (Fsp3) is 0.778. The van der Waals surface area contributed by atoms with Crippen LogP contribution in [0.3, 0.4) is 0 Å². The van der Waals surface area contributed by atoms with Crippen LogP contribution in [0.4, 0.5) is 0 Å². The maximum Gasteiger partial charge on any atom is 0.306 e. The second kappa shape index (κ2) is 39.0. The molecule has 0 heterocycles. The third-order valence-electron chi connectivity index (χ3n) is 9.43. The van der Waals surface area contributed by atoms with Gasteiger partial charge in [-0.15, -0.1) is 0 Å². The number of carbonyl (C=O) groups excluding carboxylic acids is 2. The molecule has 296 valence electrons. The first kappa shape index (κ1) is 48.8. The predicted octanol–water partition coefficient (Wildman–Crippen LogP) is 11.9. The molecule has 0 aliphatic rings. The van der Waals surface area contributed by atoms with Crippen molar-refractivity contribution in [2.45, 2.75) is 219 Å². The summed E-state index contributed by atoms with van der Waals surface area (Å²) in [6, 6.07) is -0.704. The van der Waals surface area contributed by atoms with E-state index < -0.39 is 18.2 Å². The van der Waals surface area contributed by atoms with Crippen LogP contribution in [0, 0.1) is 0 Å². The molecule has 0 spiro atoms. The normalized spacial score (nSPS) is 13.9. The fourth-order valence-electron chi connectivity index (χ4n) is 6.20. The number of nitrogens with one attached hydrogen (secondary N) is 1. The van der Waals surface area contributed by atoms with Gasteiger partial charge in [0.25, 0.3) is 0 Å². The lowest BCUT2D eigenvalue weighted by Crippen LogP contribution is -2.46. The van der Waals surface area contributed by atoms with Crippen molar-refractivity contribution in [3.05, 3.63) is 48.6 Å². The van der Waals surface area contributed by atoms with E-state index >= 15 is 0 Å². The summed E-state index contributed by atoms with van der Waals surface area (Å²) in [4.78, 5) is 25.8. The van der Waals surface area contributed by atoms with Gasteiger partial charge in [0.2, 0.25) is 5.91 Å². The zero-order valence-electron chi connectivity index (χ0n) is 33.5. The Morgan fingerprint density at radius 3 is 1.75 bits per heavy atom. The smallest absolute Gasteiger partial charge is 0.306 e. The number of unbranched alkanes of at least 4 members (excludes halogenated alkanes) is 19. The van der Waals surface area contributed by atoms with Crippen LogP contribution in [0.2, 0.25) is 0 Å². The van der Waals surface area contributed by atoms with Crippen molar-refractivity contribution in [3.8, 4) is 0 Å². The van der Waals surface area contributed by atoms with Crippen LogP contribution in [0.1, 0.15) is 201 Å². The van der Waals surface area contributed by atoms with E-state index in [2.05, 4.69) is 74.7 Å². The van der Waals surface area contributed by atoms with Gasteiger partial charge in [0.15, 0.2) is 0 Å². The number of hydrogen-bond acceptors (Lipinski definition) is 5. The molecule has 6 heteroatoms. The Hall–Kier alpha value is -2.18. The van der Waals surface area contributed by atoms with Crippen LogP contribution >= 0.6 is 0 Å². The number of rotatable bonds is 37. The number of ether oxygens (including phenoxy) is 1. The molecule has 0 saturated heterocycles. The van der Waals surface area contributed by atoms with Gasteiger partial charge in [-0.2, -0.15) is 0 Å². The van der Waals surface area contributed by atoms with Crippen LogP contribution in [0.25, 0.3) is 0 Å². The van der Waals surface area contributed by atoms with E-state index in [1.807, 2.05) is 0 Å². The quantitative estimate of drug-likeness (QED) is 0.0257. The lowest BCUT2D eigenvalue weighted by molar-refractivity contribution is -0.151. The molecule has 3 atom stereocenters. The summed E-state index contributed by atoms with van der Waals surface area (Å²) in [5.41, 5.74) is 0. The maximum atomic E-state index is 13.0. The highest BCUT2D eigenvalue weighted by molar-refractivity contribution is 5.77. The minimum atomic E-state index is -0.789. The second-order valence-electron chi connectivity index (χ2n) is 14.4. The van der Waals surface area contributed by atoms with Crippen LogP contribution in [0.5, 0.6) is 0 Å². The minimum absolute atomic E-state index is 0.0603. The molecule has 6 nitrogen and oxygen atoms in total. The molecular formula is C45H81NO5. The average molecular weight is 716 g/mol. The lowest BCUT2D eigenvalue weighted by Gasteiger charge is -2.24. The third kappa shape index (κ3) is 34.7. The first-order valence-corrected chi connectivity index (χ1v) is 21.4. The van der Waals surface area contributed by atoms with E-state index in [-0.39, 0.29) is 24.9 Å². The predicted molar refractivity (Wildman–Crippen MR) is 218 cm³/mol. The number of esters is 1. The molecule has 0 rings (SSSR count). The molecule has 0 aromatic carbocycles. The summed E-state index contributed by atoms with van der Waals surface area (Å²) in [5.74, 6) is -0.512. The fourth-order valence-corrected chi connectivity index (χ4v) is 6.20. The van der Waals surface area contributed by atoms with E-state index in [1.54, 1.807) is 0 Å². The molecule has 0 aliphatic heterocycles. The summed E-state index contributed by atoms with van der Waals surface area (Å²) in [6.07, 6.45) is 44.7. The summed E-state index contributed by atoms with van der Waals surface area (Å²) in [5, 5.41) is 23.5. The third-order valence-corrected chi connectivity index (χ3v) is 9.43. The Labute approximate surface area is 315 Å². The molecule has 0 bridgehead atoms. The molecule has 0 fully saturated rings. The van der Waals surface area contributed by atoms with Gasteiger partial charge in [0, 0.05) is 6.42 Å². The van der Waals surface area contributed by atoms with Gasteiger partial charge in [-0.3, -0.25) is 9.59 Å². The van der Waals surface area contributed by atoms with Gasteiger partial charge in [-0.05, 0) is 64.2 Å². The van der Waals surface area contributed by atoms with Crippen molar-refractivity contribution in [1.29, 1.82) is 0 Å². The topological polar surface area (TPSA) is 95.9 Å². The summed E-state index contributed by atoms with van der Waals surface area (Å²) in [6.45, 7) is 6.23. The molecule has 51 heavy (non-hydrogen) atoms. The number of allylic oxidation sites excluding steroid dienone is 8. The highest BCUT2D eigenvalue weighted by Crippen LogP contribution is 2.17. The van der Waals surface area contributed by atoms with Crippen molar-refractivity contribution >= 4 is 11.9 Å². The van der Waals surface area contributed by atoms with Crippen LogP contribution < -0.4 is 5.32 Å². The first-order valence-electron chi connectivity index (χ1n) is 21.4. The van der Waals surface area contributed by atoms with Crippen LogP contribution in [-0.2, 0) is 14.3 Å². The van der Waals surface area contributed by atoms with Gasteiger partial charge in [-0.1, -0.05) is 172 Å². The van der Waals surface area contributed by atoms with E-state index in [4.69, 9.17) is 4.74 Å². The molecule has 0 saturated carbocycles. The van der Waals surface area contributed by atoms with Gasteiger partial charge in [0.1, 0.15) is 6.10 Å². The van der Waals surface area contributed by atoms with Crippen molar-refractivity contribution in [2.75, 3.05) is 6.61 Å². The van der Waals surface area contributed by atoms with Crippen LogP contribution in [-0.4, -0.2) is 46.9 Å². The lowest BCUT2D eigenvalue weighted by atomic mass is 10.0. The highest BCUT2D eigenvalue weighted by atomic mass is 16.5. The second-order valence-corrected chi connectivity index (χ2v) is 14.4. The number of amides is 1. The molecule has 3 N–H and O–H groups in total. The molecule has 3 unspecified atom stereocenters. The molecular weight excluding hydrogens is 634 g/mol.